The fourth-order valence-electron chi connectivity index (χ4n) is 18.2. The van der Waals surface area contributed by atoms with Crippen molar-refractivity contribution in [3.63, 3.8) is 0 Å². The van der Waals surface area contributed by atoms with Crippen molar-refractivity contribution in [1.29, 1.82) is 0 Å². The van der Waals surface area contributed by atoms with E-state index >= 15 is 0 Å². The third-order valence-electron chi connectivity index (χ3n) is 23.4. The Hall–Kier alpha value is -13.0. The number of hydrogen-bond donors (Lipinski definition) is 0. The van der Waals surface area contributed by atoms with Crippen molar-refractivity contribution < 1.29 is 0 Å². The smallest absolute Gasteiger partial charge is 0.187 e. The zero-order valence-electron chi connectivity index (χ0n) is 63.8. The first-order chi connectivity index (χ1) is 54.8. The van der Waals surface area contributed by atoms with E-state index in [0.29, 0.717) is 5.69 Å². The van der Waals surface area contributed by atoms with Gasteiger partial charge in [-0.05, 0) is 92.7 Å². The number of nitrogens with zero attached hydrogens (tertiary/aromatic N) is 5. The molecule has 0 bridgehead atoms. The molecule has 20 aromatic rings. The monoisotopic (exact) mass is 1550 g/mol. The molecule has 0 spiro atoms. The first-order valence-corrected chi connectivity index (χ1v) is 44.6. The minimum atomic E-state index is -3.84. The maximum Gasteiger partial charge on any atom is 0.187 e. The Labute approximate surface area is 658 Å². The Kier molecular flexibility index (Phi) is 17.3. The molecule has 0 amide bonds. The average molecular weight is 1550 g/mol. The molecule has 0 N–H and O–H groups in total. The molecule has 0 saturated heterocycles. The molecule has 0 radical (unpaired) electrons. The summed E-state index contributed by atoms with van der Waals surface area (Å²) in [4.78, 5) is 3.86. The number of benzene rings is 16. The van der Waals surface area contributed by atoms with E-state index in [0.717, 1.165) is 44.7 Å². The average Bonchev–Trinajstić information content (AvgIpc) is 1.26. The number of rotatable bonds is 12. The molecule has 16 aromatic carbocycles. The summed E-state index contributed by atoms with van der Waals surface area (Å²) >= 11 is -3.84. The number of hydrogen-bond acceptors (Lipinski definition) is 0. The maximum absolute atomic E-state index is 7.90. The summed E-state index contributed by atoms with van der Waals surface area (Å²) in [6.07, 6.45) is 0. The van der Waals surface area contributed by atoms with Crippen LogP contribution in [0.25, 0.3) is 115 Å². The Morgan fingerprint density at radius 3 is 0.893 bits per heavy atom. The zero-order chi connectivity index (χ0) is 75.9. The molecule has 0 aliphatic rings. The molecule has 20 rings (SSSR count). The van der Waals surface area contributed by atoms with Crippen LogP contribution in [0.15, 0.2) is 394 Å². The topological polar surface area (TPSA) is 24.1 Å². The molecule has 112 heavy (non-hydrogen) atoms. The number of para-hydroxylation sites is 4. The summed E-state index contributed by atoms with van der Waals surface area (Å²) in [5, 5.41) is 10.0. The van der Waals surface area contributed by atoms with Crippen LogP contribution in [-0.2, 0) is 16.2 Å². The van der Waals surface area contributed by atoms with Gasteiger partial charge < -0.3 is 9.13 Å². The van der Waals surface area contributed by atoms with Crippen LogP contribution in [0.3, 0.4) is 0 Å². The molecule has 0 aliphatic heterocycles. The summed E-state index contributed by atoms with van der Waals surface area (Å²) in [6, 6.07) is 145. The van der Waals surface area contributed by atoms with Crippen molar-refractivity contribution in [2.24, 2.45) is 0 Å². The van der Waals surface area contributed by atoms with Gasteiger partial charge in [-0.3, -0.25) is 0 Å². The molecule has 0 unspecified atom stereocenters. The summed E-state index contributed by atoms with van der Waals surface area (Å²) in [7, 11) is 0. The van der Waals surface area contributed by atoms with Gasteiger partial charge in [-0.1, -0.05) is 193 Å². The SMILES string of the molecule is CC(C)(C)c1ccc2c(c1)c1cc(C(C)(C)C)ccc1n2-c1ccc2c(c1)c1ccccc1n2-c1ccc[c]([Sn]([c]2ccccc2)([c]2ccccc2)[c]2ccccc2)c1.[C-]#[N+]c1cccc(C(c2ccccc2)(c2ccccc2)c2cccc(-n3c4ccccc4c4cc(-n5c6ccccc6c6ccccc65)ccc43)c2)c1. The van der Waals surface area contributed by atoms with Crippen molar-refractivity contribution in [3.05, 3.63) is 439 Å². The van der Waals surface area contributed by atoms with Gasteiger partial charge in [-0.25, -0.2) is 4.85 Å². The van der Waals surface area contributed by atoms with Crippen molar-refractivity contribution >= 4 is 126 Å². The normalized spacial score (nSPS) is 12.2. The van der Waals surface area contributed by atoms with Crippen LogP contribution in [0.4, 0.5) is 5.69 Å². The number of fused-ring (bicyclic) bond motifs is 12. The van der Waals surface area contributed by atoms with E-state index in [1.807, 2.05) is 12.1 Å². The second-order valence-corrected chi connectivity index (χ2v) is 42.7. The molecule has 4 heterocycles. The molecular formula is C106H83N5Sn. The first-order valence-electron chi connectivity index (χ1n) is 38.9. The third-order valence-corrected chi connectivity index (χ3v) is 37.1. The van der Waals surface area contributed by atoms with Gasteiger partial charge in [-0.2, -0.15) is 0 Å². The van der Waals surface area contributed by atoms with E-state index in [-0.39, 0.29) is 10.8 Å². The second kappa shape index (κ2) is 27.8. The standard InChI is InChI=1S/C50H33N3.C38H35N2.3C6H5.Sn/c1-51-39-22-14-20-37(32-39)50(35-16-4-2-5-17-35,36-18-6-3-7-19-36)38-21-15-23-40(33-38)52-48-29-13-10-26-44(48)45-34-41(30-31-49(45)52)53-46-27-11-8-24-42(46)43-25-9-12-28-47(43)53;1-37(2,3)25-16-19-34-30(22-25)31-23-26(38(4,5)6)17-20-35(31)40(34)28-18-21-36-32(24-28)29-14-10-11-15-33(29)39(36)27-12-8-7-9-13-27;3*1-2-4-6-5-3-1;/h2-34H;7-8,10-24H,1-6H3;3*1-5H;. The van der Waals surface area contributed by atoms with Crippen LogP contribution in [0.1, 0.15) is 74.9 Å². The fourth-order valence-corrected chi connectivity index (χ4v) is 31.9. The Morgan fingerprint density at radius 1 is 0.214 bits per heavy atom. The van der Waals surface area contributed by atoms with Gasteiger partial charge in [0.1, 0.15) is 0 Å². The fraction of sp³-hybridized carbons (Fsp3) is 0.0849. The van der Waals surface area contributed by atoms with E-state index < -0.39 is 23.8 Å². The van der Waals surface area contributed by atoms with Gasteiger partial charge in [-0.15, -0.1) is 0 Å². The third kappa shape index (κ3) is 11.5. The minimum Gasteiger partial charge on any atom is -0.309 e. The predicted octanol–water partition coefficient (Wildman–Crippen LogP) is 24.7. The first kappa shape index (κ1) is 69.5. The summed E-state index contributed by atoms with van der Waals surface area (Å²) < 4.78 is 15.5. The minimum absolute atomic E-state index is 0.0506. The van der Waals surface area contributed by atoms with Gasteiger partial charge >= 0.3 is 291 Å². The summed E-state index contributed by atoms with van der Waals surface area (Å²) in [5.41, 5.74) is 21.4. The van der Waals surface area contributed by atoms with E-state index in [2.05, 4.69) is 447 Å². The molecule has 0 fully saturated rings. The quantitative estimate of drug-likeness (QED) is 0.0661. The maximum atomic E-state index is 7.90. The molecule has 6 heteroatoms. The number of aromatic nitrogens is 4. The van der Waals surface area contributed by atoms with Crippen molar-refractivity contribution in [2.45, 2.75) is 57.8 Å². The molecule has 0 atom stereocenters. The van der Waals surface area contributed by atoms with Crippen molar-refractivity contribution in [3.8, 4) is 22.7 Å². The van der Waals surface area contributed by atoms with Crippen LogP contribution < -0.4 is 14.3 Å². The molecule has 0 saturated carbocycles. The molecule has 536 valence electrons. The summed E-state index contributed by atoms with van der Waals surface area (Å²) in [5.74, 6) is 0. The van der Waals surface area contributed by atoms with Gasteiger partial charge in [0.25, 0.3) is 0 Å². The van der Waals surface area contributed by atoms with Gasteiger partial charge in [0, 0.05) is 32.9 Å². The Morgan fingerprint density at radius 2 is 0.500 bits per heavy atom. The van der Waals surface area contributed by atoms with Crippen molar-refractivity contribution in [1.82, 2.24) is 18.3 Å². The van der Waals surface area contributed by atoms with E-state index in [4.69, 9.17) is 6.57 Å². The zero-order valence-corrected chi connectivity index (χ0v) is 66.6. The van der Waals surface area contributed by atoms with Crippen LogP contribution in [0, 0.1) is 6.57 Å². The van der Waals surface area contributed by atoms with Gasteiger partial charge in [0.2, 0.25) is 0 Å². The molecule has 5 nitrogen and oxygen atoms in total. The van der Waals surface area contributed by atoms with Crippen LogP contribution in [0.5, 0.6) is 0 Å². The molecule has 4 aromatic heterocycles. The molecule has 0 aliphatic carbocycles. The van der Waals surface area contributed by atoms with Gasteiger partial charge in [0.05, 0.1) is 34.1 Å². The van der Waals surface area contributed by atoms with Gasteiger partial charge in [0.15, 0.2) is 5.69 Å². The van der Waals surface area contributed by atoms with E-state index in [9.17, 15) is 0 Å². The second-order valence-electron chi connectivity index (χ2n) is 31.9. The predicted molar refractivity (Wildman–Crippen MR) is 476 cm³/mol. The Bertz CT molecular complexity index is 6760. The van der Waals surface area contributed by atoms with Crippen molar-refractivity contribution in [2.75, 3.05) is 0 Å². The van der Waals surface area contributed by atoms with Crippen LogP contribution in [0.2, 0.25) is 0 Å². The van der Waals surface area contributed by atoms with Crippen LogP contribution >= 0.6 is 0 Å². The Balaban J connectivity index is 0.000000152. The van der Waals surface area contributed by atoms with Crippen LogP contribution in [-0.4, -0.2) is 36.6 Å². The van der Waals surface area contributed by atoms with E-state index in [1.54, 1.807) is 0 Å². The summed E-state index contributed by atoms with van der Waals surface area (Å²) in [6.45, 7) is 21.7. The molecular weight excluding hydrogens is 1460 g/mol. The van der Waals surface area contributed by atoms with E-state index in [1.165, 1.54) is 113 Å². The largest absolute Gasteiger partial charge is 0.309 e.